The lowest BCUT2D eigenvalue weighted by Crippen LogP contribution is -2.37. The predicted octanol–water partition coefficient (Wildman–Crippen LogP) is 4.27. The van der Waals surface area contributed by atoms with Gasteiger partial charge in [-0.1, -0.05) is 31.5 Å². The van der Waals surface area contributed by atoms with Gasteiger partial charge in [0.1, 0.15) is 0 Å². The average Bonchev–Trinajstić information content (AvgIpc) is 3.10. The highest BCUT2D eigenvalue weighted by Gasteiger charge is 2.30. The lowest BCUT2D eigenvalue weighted by atomic mass is 9.97. The van der Waals surface area contributed by atoms with Gasteiger partial charge in [-0.15, -0.1) is 11.3 Å². The number of rotatable bonds is 5. The van der Waals surface area contributed by atoms with Gasteiger partial charge in [-0.05, 0) is 54.3 Å². The van der Waals surface area contributed by atoms with Gasteiger partial charge in [-0.3, -0.25) is 0 Å². The third kappa shape index (κ3) is 3.67. The van der Waals surface area contributed by atoms with E-state index in [1.54, 1.807) is 27.8 Å². The van der Waals surface area contributed by atoms with Crippen molar-refractivity contribution in [3.05, 3.63) is 52.2 Å². The van der Waals surface area contributed by atoms with E-state index in [9.17, 15) is 8.42 Å². The first-order chi connectivity index (χ1) is 11.1. The Bertz CT molecular complexity index is 713. The molecular weight excluding hydrogens is 326 g/mol. The predicted molar refractivity (Wildman–Crippen MR) is 95.5 cm³/mol. The Hall–Kier alpha value is -1.17. The minimum atomic E-state index is -3.35. The minimum absolute atomic E-state index is 0.423. The van der Waals surface area contributed by atoms with Gasteiger partial charge in [0.05, 0.1) is 4.90 Å². The van der Waals surface area contributed by atoms with Crippen molar-refractivity contribution >= 4 is 21.4 Å². The summed E-state index contributed by atoms with van der Waals surface area (Å²) in [5.41, 5.74) is 1.20. The van der Waals surface area contributed by atoms with Crippen molar-refractivity contribution < 1.29 is 8.42 Å². The van der Waals surface area contributed by atoms with Gasteiger partial charge in [-0.25, -0.2) is 8.42 Å². The Balaban J connectivity index is 1.68. The van der Waals surface area contributed by atoms with Crippen LogP contribution in [0, 0.1) is 0 Å². The molecule has 1 aliphatic rings. The van der Waals surface area contributed by atoms with E-state index in [4.69, 9.17) is 0 Å². The van der Waals surface area contributed by atoms with E-state index in [0.717, 1.165) is 25.7 Å². The Labute approximate surface area is 143 Å². The lowest BCUT2D eigenvalue weighted by Gasteiger charge is -2.30. The molecule has 3 rings (SSSR count). The minimum Gasteiger partial charge on any atom is -0.207 e. The second-order valence-corrected chi connectivity index (χ2v) is 9.00. The molecule has 0 saturated carbocycles. The number of aryl methyl sites for hydroxylation is 1. The fraction of sp³-hybridized carbons (Fsp3) is 0.444. The molecule has 0 N–H and O–H groups in total. The lowest BCUT2D eigenvalue weighted by molar-refractivity contribution is 0.321. The summed E-state index contributed by atoms with van der Waals surface area (Å²) in [5, 5.41) is 2.09. The van der Waals surface area contributed by atoms with Crippen molar-refractivity contribution in [3.8, 4) is 0 Å². The number of piperidine rings is 1. The largest absolute Gasteiger partial charge is 0.243 e. The molecule has 0 unspecified atom stereocenters. The van der Waals surface area contributed by atoms with Gasteiger partial charge in [0.25, 0.3) is 0 Å². The van der Waals surface area contributed by atoms with Crippen molar-refractivity contribution in [1.29, 1.82) is 0 Å². The summed E-state index contributed by atoms with van der Waals surface area (Å²) in [4.78, 5) is 1.80. The first kappa shape index (κ1) is 16.7. The highest BCUT2D eigenvalue weighted by atomic mass is 32.2. The van der Waals surface area contributed by atoms with Crippen LogP contribution in [0.4, 0.5) is 0 Å². The first-order valence-electron chi connectivity index (χ1n) is 8.23. The maximum Gasteiger partial charge on any atom is 0.243 e. The molecule has 1 saturated heterocycles. The van der Waals surface area contributed by atoms with E-state index >= 15 is 0 Å². The topological polar surface area (TPSA) is 37.4 Å². The van der Waals surface area contributed by atoms with E-state index in [0.29, 0.717) is 23.9 Å². The van der Waals surface area contributed by atoms with Gasteiger partial charge in [0.15, 0.2) is 0 Å². The fourth-order valence-electron chi connectivity index (χ4n) is 3.17. The molecule has 1 aliphatic heterocycles. The molecule has 0 radical (unpaired) electrons. The summed E-state index contributed by atoms with van der Waals surface area (Å²) in [5.74, 6) is 0.508. The van der Waals surface area contributed by atoms with E-state index in [-0.39, 0.29) is 0 Å². The number of sulfonamides is 1. The van der Waals surface area contributed by atoms with Crippen molar-refractivity contribution in [3.63, 3.8) is 0 Å². The fourth-order valence-corrected chi connectivity index (χ4v) is 5.54. The van der Waals surface area contributed by atoms with Crippen molar-refractivity contribution in [2.75, 3.05) is 13.1 Å². The molecule has 1 aromatic carbocycles. The third-order valence-corrected chi connectivity index (χ3v) is 7.45. The first-order valence-corrected chi connectivity index (χ1v) is 10.6. The second kappa shape index (κ2) is 7.16. The number of hydrogen-bond donors (Lipinski definition) is 0. The Kier molecular flexibility index (Phi) is 5.19. The monoisotopic (exact) mass is 349 g/mol. The number of hydrogen-bond acceptors (Lipinski definition) is 3. The van der Waals surface area contributed by atoms with Crippen LogP contribution in [0.1, 0.15) is 42.5 Å². The summed E-state index contributed by atoms with van der Waals surface area (Å²) in [6.07, 6.45) is 3.89. The molecule has 3 nitrogen and oxygen atoms in total. The van der Waals surface area contributed by atoms with Crippen LogP contribution >= 0.6 is 11.3 Å². The maximum absolute atomic E-state index is 12.8. The highest BCUT2D eigenvalue weighted by Crippen LogP contribution is 2.33. The molecule has 1 aromatic heterocycles. The Morgan fingerprint density at radius 2 is 1.83 bits per heavy atom. The van der Waals surface area contributed by atoms with Crippen LogP contribution in [-0.4, -0.2) is 25.8 Å². The molecule has 124 valence electrons. The molecule has 0 atom stereocenters. The zero-order valence-electron chi connectivity index (χ0n) is 13.4. The summed E-state index contributed by atoms with van der Waals surface area (Å²) >= 11 is 1.77. The van der Waals surface area contributed by atoms with Crippen LogP contribution in [0.5, 0.6) is 0 Å². The van der Waals surface area contributed by atoms with Crippen LogP contribution < -0.4 is 0 Å². The number of thiophene rings is 1. The smallest absolute Gasteiger partial charge is 0.207 e. The molecule has 0 amide bonds. The molecule has 2 heterocycles. The molecule has 1 fully saturated rings. The SMILES string of the molecule is CCCc1ccc(S(=O)(=O)N2CCC(c3cccs3)CC2)cc1. The Morgan fingerprint density at radius 3 is 2.39 bits per heavy atom. The average molecular weight is 350 g/mol. The zero-order valence-corrected chi connectivity index (χ0v) is 15.1. The summed E-state index contributed by atoms with van der Waals surface area (Å²) in [6.45, 7) is 3.35. The van der Waals surface area contributed by atoms with Gasteiger partial charge in [0.2, 0.25) is 10.0 Å². The van der Waals surface area contributed by atoms with Gasteiger partial charge < -0.3 is 0 Å². The quantitative estimate of drug-likeness (QED) is 0.808. The maximum atomic E-state index is 12.8. The zero-order chi connectivity index (χ0) is 16.3. The van der Waals surface area contributed by atoms with Crippen LogP contribution in [0.25, 0.3) is 0 Å². The van der Waals surface area contributed by atoms with Gasteiger partial charge in [-0.2, -0.15) is 4.31 Å². The van der Waals surface area contributed by atoms with Gasteiger partial charge >= 0.3 is 0 Å². The molecule has 0 spiro atoms. The van der Waals surface area contributed by atoms with Crippen LogP contribution in [0.15, 0.2) is 46.7 Å². The van der Waals surface area contributed by atoms with E-state index in [1.807, 2.05) is 12.1 Å². The number of nitrogens with zero attached hydrogens (tertiary/aromatic N) is 1. The summed E-state index contributed by atoms with van der Waals surface area (Å²) < 4.78 is 27.2. The van der Waals surface area contributed by atoms with Crippen LogP contribution in [-0.2, 0) is 16.4 Å². The molecule has 5 heteroatoms. The van der Waals surface area contributed by atoms with Crippen LogP contribution in [0.3, 0.4) is 0 Å². The standard InChI is InChI=1S/C18H23NO2S2/c1-2-4-15-6-8-17(9-7-15)23(20,21)19-12-10-16(11-13-19)18-5-3-14-22-18/h3,5-9,14,16H,2,4,10-13H2,1H3. The third-order valence-electron chi connectivity index (χ3n) is 4.50. The van der Waals surface area contributed by atoms with Crippen molar-refractivity contribution in [2.24, 2.45) is 0 Å². The van der Waals surface area contributed by atoms with Crippen LogP contribution in [0.2, 0.25) is 0 Å². The number of benzene rings is 1. The molecule has 2 aromatic rings. The normalized spacial score (nSPS) is 17.4. The summed E-state index contributed by atoms with van der Waals surface area (Å²) in [6, 6.07) is 11.6. The van der Waals surface area contributed by atoms with E-state index in [1.165, 1.54) is 10.4 Å². The molecule has 0 aliphatic carbocycles. The van der Waals surface area contributed by atoms with Crippen molar-refractivity contribution in [2.45, 2.75) is 43.4 Å². The molecular formula is C18H23NO2S2. The Morgan fingerprint density at radius 1 is 1.13 bits per heavy atom. The molecule has 0 bridgehead atoms. The highest BCUT2D eigenvalue weighted by molar-refractivity contribution is 7.89. The van der Waals surface area contributed by atoms with E-state index < -0.39 is 10.0 Å². The van der Waals surface area contributed by atoms with Gasteiger partial charge in [0, 0.05) is 18.0 Å². The van der Waals surface area contributed by atoms with Crippen molar-refractivity contribution in [1.82, 2.24) is 4.31 Å². The second-order valence-electron chi connectivity index (χ2n) is 6.09. The summed E-state index contributed by atoms with van der Waals surface area (Å²) in [7, 11) is -3.35. The van der Waals surface area contributed by atoms with E-state index in [2.05, 4.69) is 24.4 Å². The molecule has 23 heavy (non-hydrogen) atoms.